The van der Waals surface area contributed by atoms with Crippen molar-refractivity contribution in [2.24, 2.45) is 0 Å². The molecule has 1 aromatic rings. The lowest BCUT2D eigenvalue weighted by atomic mass is 10.7. The number of rotatable bonds is 1. The molecule has 0 amide bonds. The molecule has 1 N–H and O–H groups in total. The molecule has 4 heteroatoms. The van der Waals surface area contributed by atoms with Gasteiger partial charge in [0.1, 0.15) is 0 Å². The van der Waals surface area contributed by atoms with Crippen molar-refractivity contribution in [3.8, 4) is 0 Å². The number of aromatic nitrogens is 2. The van der Waals surface area contributed by atoms with Gasteiger partial charge in [0.15, 0.2) is 10.5 Å². The number of H-pyrrole nitrogens is 1. The van der Waals surface area contributed by atoms with E-state index in [1.807, 2.05) is 6.92 Å². The molecule has 1 heterocycles. The summed E-state index contributed by atoms with van der Waals surface area (Å²) in [5.74, 6) is -0.355. The molecule has 0 aliphatic heterocycles. The maximum atomic E-state index is 12.4. The maximum Gasteiger partial charge on any atom is 0.176 e. The van der Waals surface area contributed by atoms with E-state index in [0.29, 0.717) is 6.54 Å². The van der Waals surface area contributed by atoms with E-state index < -0.39 is 0 Å². The van der Waals surface area contributed by atoms with Crippen LogP contribution in [0.2, 0.25) is 0 Å². The molecule has 0 aromatic carbocycles. The molecule has 0 radical (unpaired) electrons. The van der Waals surface area contributed by atoms with Crippen molar-refractivity contribution in [3.05, 3.63) is 16.7 Å². The van der Waals surface area contributed by atoms with E-state index in [-0.39, 0.29) is 10.5 Å². The van der Waals surface area contributed by atoms with Gasteiger partial charge in [-0.3, -0.25) is 9.78 Å². The van der Waals surface area contributed by atoms with Crippen LogP contribution in [0.3, 0.4) is 0 Å². The van der Waals surface area contributed by atoms with Gasteiger partial charge in [0, 0.05) is 6.54 Å². The van der Waals surface area contributed by atoms with Crippen molar-refractivity contribution in [2.75, 3.05) is 0 Å². The van der Waals surface area contributed by atoms with Crippen molar-refractivity contribution in [3.63, 3.8) is 0 Å². The van der Waals surface area contributed by atoms with Gasteiger partial charge < -0.3 is 0 Å². The van der Waals surface area contributed by atoms with Gasteiger partial charge in [-0.2, -0.15) is 0 Å². The summed E-state index contributed by atoms with van der Waals surface area (Å²) in [6.45, 7) is 2.62. The Bertz CT molecular complexity index is 250. The van der Waals surface area contributed by atoms with Crippen LogP contribution in [-0.2, 0) is 6.54 Å². The quantitative estimate of drug-likeness (QED) is 0.598. The van der Waals surface area contributed by atoms with Gasteiger partial charge in [0.25, 0.3) is 0 Å². The smallest absolute Gasteiger partial charge is 0.176 e. The molecule has 0 bridgehead atoms. The van der Waals surface area contributed by atoms with Gasteiger partial charge in [-0.1, -0.05) is 12.2 Å². The van der Waals surface area contributed by atoms with Gasteiger partial charge in [-0.25, -0.2) is 4.39 Å². The molecule has 1 aromatic heterocycles. The molecule has 0 fully saturated rings. The first-order valence-electron chi connectivity index (χ1n) is 2.69. The van der Waals surface area contributed by atoms with Gasteiger partial charge in [0.2, 0.25) is 0 Å². The SMILES string of the molecule is CCn1cc(F)c(=S)[nH]1. The van der Waals surface area contributed by atoms with Crippen LogP contribution in [-0.4, -0.2) is 9.78 Å². The van der Waals surface area contributed by atoms with Gasteiger partial charge in [0.05, 0.1) is 6.20 Å². The minimum absolute atomic E-state index is 0.178. The standard InChI is InChI=1S/C5H7FN2S/c1-2-8-3-4(6)5(9)7-8/h3H,2H2,1H3,(H,7,9). The summed E-state index contributed by atoms with van der Waals surface area (Å²) in [5, 5.41) is 2.65. The lowest BCUT2D eigenvalue weighted by molar-refractivity contribution is 0.613. The fourth-order valence-electron chi connectivity index (χ4n) is 0.582. The van der Waals surface area contributed by atoms with Crippen molar-refractivity contribution < 1.29 is 4.39 Å². The number of nitrogens with one attached hydrogen (secondary N) is 1. The van der Waals surface area contributed by atoms with E-state index in [0.717, 1.165) is 0 Å². The fourth-order valence-corrected chi connectivity index (χ4v) is 0.752. The lowest BCUT2D eigenvalue weighted by Crippen LogP contribution is -1.92. The minimum atomic E-state index is -0.355. The van der Waals surface area contributed by atoms with Crippen LogP contribution in [0.4, 0.5) is 4.39 Å². The van der Waals surface area contributed by atoms with Crippen molar-refractivity contribution in [1.82, 2.24) is 9.78 Å². The average molecular weight is 146 g/mol. The van der Waals surface area contributed by atoms with Crippen LogP contribution in [0.15, 0.2) is 6.20 Å². The second kappa shape index (κ2) is 2.31. The molecule has 50 valence electrons. The Labute approximate surface area is 57.3 Å². The molecule has 0 saturated carbocycles. The highest BCUT2D eigenvalue weighted by atomic mass is 32.1. The first-order chi connectivity index (χ1) is 4.24. The Morgan fingerprint density at radius 2 is 2.56 bits per heavy atom. The van der Waals surface area contributed by atoms with Gasteiger partial charge in [-0.15, -0.1) is 0 Å². The molecule has 9 heavy (non-hydrogen) atoms. The summed E-state index contributed by atoms with van der Waals surface area (Å²) >= 11 is 4.59. The maximum absolute atomic E-state index is 12.4. The monoisotopic (exact) mass is 146 g/mol. The molecule has 0 unspecified atom stereocenters. The van der Waals surface area contributed by atoms with E-state index in [9.17, 15) is 4.39 Å². The summed E-state index contributed by atoms with van der Waals surface area (Å²) in [7, 11) is 0. The van der Waals surface area contributed by atoms with E-state index in [1.165, 1.54) is 6.20 Å². The average Bonchev–Trinajstić information content (AvgIpc) is 2.13. The predicted octanol–water partition coefficient (Wildman–Crippen LogP) is 1.70. The molecule has 0 atom stereocenters. The van der Waals surface area contributed by atoms with Crippen LogP contribution in [0.5, 0.6) is 0 Å². The Morgan fingerprint density at radius 1 is 1.89 bits per heavy atom. The molecule has 2 nitrogen and oxygen atoms in total. The molecule has 0 aliphatic carbocycles. The highest BCUT2D eigenvalue weighted by Gasteiger charge is 1.94. The summed E-state index contributed by atoms with van der Waals surface area (Å²) < 4.78 is 14.1. The summed E-state index contributed by atoms with van der Waals surface area (Å²) in [6, 6.07) is 0. The third-order valence-electron chi connectivity index (χ3n) is 1.07. The molecule has 1 rings (SSSR count). The number of nitrogens with zero attached hydrogens (tertiary/aromatic N) is 1. The molecule has 0 saturated heterocycles. The Hall–Kier alpha value is -0.640. The van der Waals surface area contributed by atoms with Gasteiger partial charge in [-0.05, 0) is 6.92 Å². The Balaban J connectivity index is 3.13. The number of hydrogen-bond acceptors (Lipinski definition) is 1. The van der Waals surface area contributed by atoms with Crippen LogP contribution in [0, 0.1) is 10.5 Å². The molecular weight excluding hydrogens is 139 g/mol. The third kappa shape index (κ3) is 1.18. The first-order valence-corrected chi connectivity index (χ1v) is 3.10. The zero-order valence-electron chi connectivity index (χ0n) is 5.02. The largest absolute Gasteiger partial charge is 0.292 e. The van der Waals surface area contributed by atoms with Gasteiger partial charge >= 0.3 is 0 Å². The molecule has 0 aliphatic rings. The summed E-state index contributed by atoms with van der Waals surface area (Å²) in [4.78, 5) is 0. The molecular formula is C5H7FN2S. The van der Waals surface area contributed by atoms with Crippen LogP contribution < -0.4 is 0 Å². The van der Waals surface area contributed by atoms with Crippen molar-refractivity contribution in [2.45, 2.75) is 13.5 Å². The minimum Gasteiger partial charge on any atom is -0.292 e. The highest BCUT2D eigenvalue weighted by Crippen LogP contribution is 1.96. The zero-order valence-corrected chi connectivity index (χ0v) is 5.83. The van der Waals surface area contributed by atoms with Crippen LogP contribution in [0.25, 0.3) is 0 Å². The van der Waals surface area contributed by atoms with Crippen molar-refractivity contribution >= 4 is 12.2 Å². The highest BCUT2D eigenvalue weighted by molar-refractivity contribution is 7.71. The summed E-state index contributed by atoms with van der Waals surface area (Å²) in [6.07, 6.45) is 1.35. The number of halogens is 1. The predicted molar refractivity (Wildman–Crippen MR) is 35.2 cm³/mol. The number of hydrogen-bond donors (Lipinski definition) is 1. The topological polar surface area (TPSA) is 20.7 Å². The third-order valence-corrected chi connectivity index (χ3v) is 1.36. The second-order valence-corrected chi connectivity index (χ2v) is 2.11. The fraction of sp³-hybridized carbons (Fsp3) is 0.400. The lowest BCUT2D eigenvalue weighted by Gasteiger charge is -1.90. The Kier molecular flexibility index (Phi) is 1.66. The van der Waals surface area contributed by atoms with E-state index in [1.54, 1.807) is 4.68 Å². The number of aromatic amines is 1. The zero-order chi connectivity index (χ0) is 6.85. The van der Waals surface area contributed by atoms with Crippen LogP contribution >= 0.6 is 12.2 Å². The summed E-state index contributed by atoms with van der Waals surface area (Å²) in [5.41, 5.74) is 0. The number of aryl methyl sites for hydroxylation is 1. The van der Waals surface area contributed by atoms with Crippen LogP contribution in [0.1, 0.15) is 6.92 Å². The molecule has 0 spiro atoms. The van der Waals surface area contributed by atoms with Crippen molar-refractivity contribution in [1.29, 1.82) is 0 Å². The van der Waals surface area contributed by atoms with E-state index >= 15 is 0 Å². The Morgan fingerprint density at radius 3 is 2.78 bits per heavy atom. The first kappa shape index (κ1) is 6.48. The normalized spacial score (nSPS) is 10.0. The van der Waals surface area contributed by atoms with E-state index in [4.69, 9.17) is 0 Å². The second-order valence-electron chi connectivity index (χ2n) is 1.70. The van der Waals surface area contributed by atoms with E-state index in [2.05, 4.69) is 17.3 Å².